The summed E-state index contributed by atoms with van der Waals surface area (Å²) in [5, 5.41) is 8.17. The van der Waals surface area contributed by atoms with Crippen LogP contribution in [0.5, 0.6) is 0 Å². The summed E-state index contributed by atoms with van der Waals surface area (Å²) in [5.74, 6) is 0.00562. The number of benzene rings is 2. The lowest BCUT2D eigenvalue weighted by molar-refractivity contribution is -0.117. The minimum Gasteiger partial charge on any atom is -0.326 e. The molecule has 3 N–H and O–H groups in total. The van der Waals surface area contributed by atoms with Crippen molar-refractivity contribution in [2.75, 3.05) is 16.0 Å². The Hall–Kier alpha value is -2.80. The summed E-state index contributed by atoms with van der Waals surface area (Å²) in [4.78, 5) is 36.2. The van der Waals surface area contributed by atoms with Crippen molar-refractivity contribution in [2.45, 2.75) is 36.8 Å². The maximum Gasteiger partial charge on any atom is 0.237 e. The second-order valence-corrected chi connectivity index (χ2v) is 8.21. The molecule has 1 saturated carbocycles. The molecule has 28 heavy (non-hydrogen) atoms. The Kier molecular flexibility index (Phi) is 6.36. The van der Waals surface area contributed by atoms with E-state index in [1.165, 1.54) is 18.7 Å². The van der Waals surface area contributed by atoms with Gasteiger partial charge in [0.1, 0.15) is 0 Å². The van der Waals surface area contributed by atoms with Crippen molar-refractivity contribution in [3.63, 3.8) is 0 Å². The zero-order valence-corrected chi connectivity index (χ0v) is 16.6. The van der Waals surface area contributed by atoms with Crippen molar-refractivity contribution < 1.29 is 14.4 Å². The van der Waals surface area contributed by atoms with Crippen molar-refractivity contribution in [1.82, 2.24) is 0 Å². The van der Waals surface area contributed by atoms with Gasteiger partial charge < -0.3 is 16.0 Å². The number of carbonyl (C=O) groups is 3. The number of anilines is 3. The molecule has 3 rings (SSSR count). The Morgan fingerprint density at radius 3 is 1.89 bits per heavy atom. The first kappa shape index (κ1) is 19.9. The summed E-state index contributed by atoms with van der Waals surface area (Å²) in [6.45, 7) is 3.29. The quantitative estimate of drug-likeness (QED) is 0.614. The fraction of sp³-hybridized carbons (Fsp3) is 0.286. The second kappa shape index (κ2) is 8.93. The van der Waals surface area contributed by atoms with Gasteiger partial charge in [-0.15, -0.1) is 11.8 Å². The topological polar surface area (TPSA) is 87.3 Å². The standard InChI is InChI=1S/C21H23N3O3S/c1-13(20(26)23-17-7-5-16(6-8-17)22-14(2)25)28-19-11-9-18(10-12-19)24-21(27)15-3-4-15/h5-13,15H,3-4H2,1-2H3,(H,22,25)(H,23,26)(H,24,27). The van der Waals surface area contributed by atoms with Crippen LogP contribution in [-0.2, 0) is 14.4 Å². The van der Waals surface area contributed by atoms with Crippen LogP contribution in [0.4, 0.5) is 17.1 Å². The molecule has 0 aromatic heterocycles. The molecular weight excluding hydrogens is 374 g/mol. The first-order valence-corrected chi connectivity index (χ1v) is 10.0. The van der Waals surface area contributed by atoms with Crippen LogP contribution in [0.2, 0.25) is 0 Å². The molecular formula is C21H23N3O3S. The molecule has 2 aromatic rings. The molecule has 146 valence electrons. The molecule has 1 atom stereocenters. The van der Waals surface area contributed by atoms with E-state index in [1.54, 1.807) is 24.3 Å². The van der Waals surface area contributed by atoms with Gasteiger partial charge in [0.15, 0.2) is 0 Å². The Bertz CT molecular complexity index is 861. The van der Waals surface area contributed by atoms with Gasteiger partial charge in [0.05, 0.1) is 5.25 Å². The van der Waals surface area contributed by atoms with Crippen molar-refractivity contribution in [3.05, 3.63) is 48.5 Å². The van der Waals surface area contributed by atoms with E-state index >= 15 is 0 Å². The highest BCUT2D eigenvalue weighted by Crippen LogP contribution is 2.31. The Morgan fingerprint density at radius 2 is 1.36 bits per heavy atom. The van der Waals surface area contributed by atoms with E-state index in [-0.39, 0.29) is 28.9 Å². The molecule has 1 aliphatic carbocycles. The van der Waals surface area contributed by atoms with Crippen LogP contribution in [0.1, 0.15) is 26.7 Å². The molecule has 1 fully saturated rings. The number of rotatable bonds is 7. The third kappa shape index (κ3) is 5.85. The maximum absolute atomic E-state index is 12.4. The molecule has 0 spiro atoms. The van der Waals surface area contributed by atoms with Crippen LogP contribution in [0.15, 0.2) is 53.4 Å². The third-order valence-corrected chi connectivity index (χ3v) is 5.34. The van der Waals surface area contributed by atoms with Crippen molar-refractivity contribution in [1.29, 1.82) is 0 Å². The average molecular weight is 398 g/mol. The summed E-state index contributed by atoms with van der Waals surface area (Å²) in [7, 11) is 0. The SMILES string of the molecule is CC(=O)Nc1ccc(NC(=O)C(C)Sc2ccc(NC(=O)C3CC3)cc2)cc1. The fourth-order valence-electron chi connectivity index (χ4n) is 2.55. The van der Waals surface area contributed by atoms with Crippen LogP contribution in [0.3, 0.4) is 0 Å². The minimum atomic E-state index is -0.290. The predicted molar refractivity (Wildman–Crippen MR) is 112 cm³/mol. The van der Waals surface area contributed by atoms with Crippen molar-refractivity contribution in [2.24, 2.45) is 5.92 Å². The summed E-state index contributed by atoms with van der Waals surface area (Å²) >= 11 is 1.45. The molecule has 3 amide bonds. The molecule has 2 aromatic carbocycles. The lowest BCUT2D eigenvalue weighted by atomic mass is 10.2. The van der Waals surface area contributed by atoms with Crippen molar-refractivity contribution in [3.8, 4) is 0 Å². The summed E-state index contributed by atoms with van der Waals surface area (Å²) in [6, 6.07) is 14.5. The summed E-state index contributed by atoms with van der Waals surface area (Å²) in [5.41, 5.74) is 2.13. The van der Waals surface area contributed by atoms with Crippen LogP contribution in [-0.4, -0.2) is 23.0 Å². The number of amides is 3. The molecule has 1 aliphatic rings. The van der Waals surface area contributed by atoms with Gasteiger partial charge >= 0.3 is 0 Å². The van der Waals surface area contributed by atoms with Gasteiger partial charge in [-0.05, 0) is 68.3 Å². The highest BCUT2D eigenvalue weighted by Gasteiger charge is 2.29. The third-order valence-electron chi connectivity index (χ3n) is 4.22. The van der Waals surface area contributed by atoms with E-state index in [0.29, 0.717) is 11.4 Å². The van der Waals surface area contributed by atoms with E-state index < -0.39 is 0 Å². The van der Waals surface area contributed by atoms with Gasteiger partial charge in [0.25, 0.3) is 0 Å². The van der Waals surface area contributed by atoms with E-state index in [9.17, 15) is 14.4 Å². The van der Waals surface area contributed by atoms with Gasteiger partial charge in [-0.25, -0.2) is 0 Å². The number of carbonyl (C=O) groups excluding carboxylic acids is 3. The maximum atomic E-state index is 12.4. The van der Waals surface area contributed by atoms with Gasteiger partial charge in [-0.3, -0.25) is 14.4 Å². The van der Waals surface area contributed by atoms with Gasteiger partial charge in [-0.1, -0.05) is 0 Å². The first-order chi connectivity index (χ1) is 13.4. The number of nitrogens with one attached hydrogen (secondary N) is 3. The predicted octanol–water partition coefficient (Wildman–Crippen LogP) is 4.11. The minimum absolute atomic E-state index is 0.0812. The zero-order valence-electron chi connectivity index (χ0n) is 15.8. The fourth-order valence-corrected chi connectivity index (χ4v) is 3.42. The lowest BCUT2D eigenvalue weighted by Crippen LogP contribution is -2.22. The first-order valence-electron chi connectivity index (χ1n) is 9.17. The monoisotopic (exact) mass is 397 g/mol. The summed E-state index contributed by atoms with van der Waals surface area (Å²) in [6.07, 6.45) is 1.95. The number of hydrogen-bond acceptors (Lipinski definition) is 4. The second-order valence-electron chi connectivity index (χ2n) is 6.80. The normalized spacial score (nSPS) is 14.1. The zero-order chi connectivity index (χ0) is 20.1. The Morgan fingerprint density at radius 1 is 0.857 bits per heavy atom. The van der Waals surface area contributed by atoms with E-state index in [1.807, 2.05) is 31.2 Å². The van der Waals surface area contributed by atoms with Crippen LogP contribution in [0.25, 0.3) is 0 Å². The smallest absolute Gasteiger partial charge is 0.237 e. The molecule has 0 saturated heterocycles. The van der Waals surface area contributed by atoms with Gasteiger partial charge in [-0.2, -0.15) is 0 Å². The average Bonchev–Trinajstić information content (AvgIpc) is 3.50. The molecule has 1 unspecified atom stereocenters. The van der Waals surface area contributed by atoms with E-state index in [0.717, 1.165) is 23.4 Å². The van der Waals surface area contributed by atoms with Crippen LogP contribution < -0.4 is 16.0 Å². The molecule has 6 nitrogen and oxygen atoms in total. The number of thioether (sulfide) groups is 1. The molecule has 0 heterocycles. The molecule has 0 bridgehead atoms. The highest BCUT2D eigenvalue weighted by molar-refractivity contribution is 8.00. The number of hydrogen-bond donors (Lipinski definition) is 3. The summed E-state index contributed by atoms with van der Waals surface area (Å²) < 4.78 is 0. The van der Waals surface area contributed by atoms with Crippen LogP contribution >= 0.6 is 11.8 Å². The highest BCUT2D eigenvalue weighted by atomic mass is 32.2. The van der Waals surface area contributed by atoms with E-state index in [2.05, 4.69) is 16.0 Å². The van der Waals surface area contributed by atoms with E-state index in [4.69, 9.17) is 0 Å². The lowest BCUT2D eigenvalue weighted by Gasteiger charge is -2.13. The Balaban J connectivity index is 1.50. The molecule has 7 heteroatoms. The van der Waals surface area contributed by atoms with Gasteiger partial charge in [0.2, 0.25) is 17.7 Å². The molecule has 0 aliphatic heterocycles. The van der Waals surface area contributed by atoms with Crippen LogP contribution in [0, 0.1) is 5.92 Å². The Labute approximate surface area is 168 Å². The van der Waals surface area contributed by atoms with Gasteiger partial charge in [0, 0.05) is 34.8 Å². The van der Waals surface area contributed by atoms with Crippen molar-refractivity contribution >= 4 is 46.5 Å². The largest absolute Gasteiger partial charge is 0.326 e. The molecule has 0 radical (unpaired) electrons.